The van der Waals surface area contributed by atoms with Gasteiger partial charge in [0.1, 0.15) is 5.75 Å². The van der Waals surface area contributed by atoms with Crippen LogP contribution >= 0.6 is 0 Å². The zero-order valence-electron chi connectivity index (χ0n) is 16.1. The van der Waals surface area contributed by atoms with Crippen molar-refractivity contribution in [2.24, 2.45) is 0 Å². The summed E-state index contributed by atoms with van der Waals surface area (Å²) in [6.45, 7) is 7.63. The number of anilines is 1. The Bertz CT molecular complexity index is 755. The van der Waals surface area contributed by atoms with Crippen LogP contribution < -0.4 is 15.0 Å². The average Bonchev–Trinajstić information content (AvgIpc) is 2.68. The summed E-state index contributed by atoms with van der Waals surface area (Å²) in [5.41, 5.74) is 2.84. The Morgan fingerprint density at radius 2 is 1.93 bits per heavy atom. The van der Waals surface area contributed by atoms with Crippen LogP contribution in [-0.2, 0) is 11.2 Å². The van der Waals surface area contributed by atoms with Crippen LogP contribution in [0.4, 0.5) is 5.69 Å². The Morgan fingerprint density at radius 3 is 2.70 bits per heavy atom. The molecule has 0 radical (unpaired) electrons. The zero-order chi connectivity index (χ0) is 19.1. The van der Waals surface area contributed by atoms with E-state index >= 15 is 0 Å². The molecule has 3 rings (SSSR count). The highest BCUT2D eigenvalue weighted by atomic mass is 16.5. The lowest BCUT2D eigenvalue weighted by Crippen LogP contribution is -2.38. The molecule has 0 unspecified atom stereocenters. The summed E-state index contributed by atoms with van der Waals surface area (Å²) in [5.74, 6) is 0.832. The van der Waals surface area contributed by atoms with Crippen LogP contribution in [-0.4, -0.2) is 44.9 Å². The van der Waals surface area contributed by atoms with Gasteiger partial charge < -0.3 is 19.7 Å². The molecule has 2 aromatic carbocycles. The zero-order valence-corrected chi connectivity index (χ0v) is 16.1. The fourth-order valence-electron chi connectivity index (χ4n) is 3.21. The second kappa shape index (κ2) is 9.42. The molecule has 0 bridgehead atoms. The Hall–Kier alpha value is -2.53. The molecule has 1 N–H and O–H groups in total. The number of hydrogen-bond acceptors (Lipinski definition) is 4. The van der Waals surface area contributed by atoms with Crippen LogP contribution in [0, 0.1) is 0 Å². The van der Waals surface area contributed by atoms with Gasteiger partial charge in [0, 0.05) is 25.3 Å². The molecular weight excluding hydrogens is 340 g/mol. The van der Waals surface area contributed by atoms with Gasteiger partial charge in [-0.3, -0.25) is 4.79 Å². The van der Waals surface area contributed by atoms with Crippen LogP contribution in [0.5, 0.6) is 5.75 Å². The summed E-state index contributed by atoms with van der Waals surface area (Å²) < 4.78 is 11.1. The van der Waals surface area contributed by atoms with E-state index in [1.54, 1.807) is 0 Å². The van der Waals surface area contributed by atoms with Gasteiger partial charge in [-0.05, 0) is 50.1 Å². The lowest BCUT2D eigenvalue weighted by Gasteiger charge is -2.30. The third-order valence-electron chi connectivity index (χ3n) is 4.47. The van der Waals surface area contributed by atoms with Gasteiger partial charge in [0.15, 0.2) is 0 Å². The quantitative estimate of drug-likeness (QED) is 0.815. The van der Waals surface area contributed by atoms with E-state index in [0.717, 1.165) is 42.1 Å². The monoisotopic (exact) mass is 368 g/mol. The Balaban J connectivity index is 1.58. The molecule has 0 spiro atoms. The minimum atomic E-state index is -0.0355. The first-order valence-corrected chi connectivity index (χ1v) is 9.59. The molecule has 1 aliphatic heterocycles. The molecule has 5 heteroatoms. The van der Waals surface area contributed by atoms with E-state index in [0.29, 0.717) is 19.8 Å². The molecule has 0 saturated carbocycles. The lowest BCUT2D eigenvalue weighted by atomic mass is 10.1. The third kappa shape index (κ3) is 5.47. The van der Waals surface area contributed by atoms with Crippen molar-refractivity contribution >= 4 is 11.6 Å². The average molecular weight is 368 g/mol. The molecule has 1 fully saturated rings. The molecule has 1 aliphatic rings. The Morgan fingerprint density at radius 1 is 1.15 bits per heavy atom. The number of nitrogens with zero attached hydrogens (tertiary/aromatic N) is 1. The minimum Gasteiger partial charge on any atom is -0.491 e. The Labute approximate surface area is 161 Å². The highest BCUT2D eigenvalue weighted by Gasteiger charge is 2.18. The number of carbonyl (C=O) groups is 1. The second-order valence-electron chi connectivity index (χ2n) is 6.94. The molecule has 5 nitrogen and oxygen atoms in total. The number of amides is 1. The van der Waals surface area contributed by atoms with Crippen LogP contribution in [0.2, 0.25) is 0 Å². The van der Waals surface area contributed by atoms with Crippen LogP contribution in [0.15, 0.2) is 48.5 Å². The van der Waals surface area contributed by atoms with E-state index in [1.165, 1.54) is 0 Å². The summed E-state index contributed by atoms with van der Waals surface area (Å²) in [5, 5.41) is 3.05. The van der Waals surface area contributed by atoms with Gasteiger partial charge in [-0.25, -0.2) is 0 Å². The predicted molar refractivity (Wildman–Crippen MR) is 108 cm³/mol. The van der Waals surface area contributed by atoms with Gasteiger partial charge in [0.05, 0.1) is 24.9 Å². The van der Waals surface area contributed by atoms with Crippen molar-refractivity contribution in [1.29, 1.82) is 0 Å². The van der Waals surface area contributed by atoms with Crippen molar-refractivity contribution in [3.05, 3.63) is 59.7 Å². The second-order valence-corrected chi connectivity index (χ2v) is 6.94. The van der Waals surface area contributed by atoms with Crippen molar-refractivity contribution in [2.75, 3.05) is 37.7 Å². The molecule has 1 saturated heterocycles. The van der Waals surface area contributed by atoms with Crippen molar-refractivity contribution in [2.45, 2.75) is 26.4 Å². The summed E-state index contributed by atoms with van der Waals surface area (Å²) in [4.78, 5) is 14.9. The Kier molecular flexibility index (Phi) is 6.71. The van der Waals surface area contributed by atoms with Gasteiger partial charge in [0.25, 0.3) is 5.91 Å². The maximum absolute atomic E-state index is 12.7. The van der Waals surface area contributed by atoms with E-state index < -0.39 is 0 Å². The summed E-state index contributed by atoms with van der Waals surface area (Å²) >= 11 is 0. The molecule has 2 aromatic rings. The molecule has 144 valence electrons. The molecule has 0 aliphatic carbocycles. The number of benzene rings is 2. The normalized spacial score (nSPS) is 14.3. The van der Waals surface area contributed by atoms with Gasteiger partial charge in [-0.1, -0.05) is 24.3 Å². The van der Waals surface area contributed by atoms with Crippen molar-refractivity contribution < 1.29 is 14.3 Å². The predicted octanol–water partition coefficient (Wildman–Crippen LogP) is 3.28. The number of para-hydroxylation sites is 1. The number of morpholine rings is 1. The fourth-order valence-corrected chi connectivity index (χ4v) is 3.21. The number of carbonyl (C=O) groups excluding carboxylic acids is 1. The highest BCUT2D eigenvalue weighted by Crippen LogP contribution is 2.21. The van der Waals surface area contributed by atoms with Crippen LogP contribution in [0.1, 0.15) is 29.8 Å². The number of rotatable bonds is 7. The number of ether oxygens (including phenoxy) is 2. The van der Waals surface area contributed by atoms with Crippen LogP contribution in [0.3, 0.4) is 0 Å². The first kappa shape index (κ1) is 19.2. The molecule has 27 heavy (non-hydrogen) atoms. The highest BCUT2D eigenvalue weighted by molar-refractivity contribution is 5.99. The standard InChI is InChI=1S/C22H28N2O3/c1-17(2)27-19-7-5-6-18(16-19)10-11-23-22(25)20-8-3-4-9-21(20)24-12-14-26-15-13-24/h3-9,16-17H,10-15H2,1-2H3,(H,23,25). The van der Waals surface area contributed by atoms with E-state index in [1.807, 2.05) is 56.3 Å². The smallest absolute Gasteiger partial charge is 0.253 e. The molecule has 0 atom stereocenters. The van der Waals surface area contributed by atoms with E-state index in [2.05, 4.69) is 16.3 Å². The summed E-state index contributed by atoms with van der Waals surface area (Å²) in [7, 11) is 0. The summed E-state index contributed by atoms with van der Waals surface area (Å²) in [6.07, 6.45) is 0.914. The molecule has 1 amide bonds. The molecular formula is C22H28N2O3. The minimum absolute atomic E-state index is 0.0355. The van der Waals surface area contributed by atoms with E-state index in [-0.39, 0.29) is 12.0 Å². The van der Waals surface area contributed by atoms with E-state index in [9.17, 15) is 4.79 Å². The molecule has 1 heterocycles. The SMILES string of the molecule is CC(C)Oc1cccc(CCNC(=O)c2ccccc2N2CCOCC2)c1. The maximum Gasteiger partial charge on any atom is 0.253 e. The molecule has 0 aromatic heterocycles. The van der Waals surface area contributed by atoms with E-state index in [4.69, 9.17) is 9.47 Å². The van der Waals surface area contributed by atoms with Gasteiger partial charge >= 0.3 is 0 Å². The van der Waals surface area contributed by atoms with Gasteiger partial charge in [-0.15, -0.1) is 0 Å². The first-order chi connectivity index (χ1) is 13.1. The largest absolute Gasteiger partial charge is 0.491 e. The number of hydrogen-bond donors (Lipinski definition) is 1. The lowest BCUT2D eigenvalue weighted by molar-refractivity contribution is 0.0952. The first-order valence-electron chi connectivity index (χ1n) is 9.59. The fraction of sp³-hybridized carbons (Fsp3) is 0.409. The third-order valence-corrected chi connectivity index (χ3v) is 4.47. The van der Waals surface area contributed by atoms with Crippen molar-refractivity contribution in [1.82, 2.24) is 5.32 Å². The summed E-state index contributed by atoms with van der Waals surface area (Å²) in [6, 6.07) is 15.8. The van der Waals surface area contributed by atoms with Gasteiger partial charge in [-0.2, -0.15) is 0 Å². The van der Waals surface area contributed by atoms with Crippen molar-refractivity contribution in [3.8, 4) is 5.75 Å². The maximum atomic E-state index is 12.7. The van der Waals surface area contributed by atoms with Crippen LogP contribution in [0.25, 0.3) is 0 Å². The van der Waals surface area contributed by atoms with Gasteiger partial charge in [0.2, 0.25) is 0 Å². The van der Waals surface area contributed by atoms with Crippen molar-refractivity contribution in [3.63, 3.8) is 0 Å². The topological polar surface area (TPSA) is 50.8 Å². The number of nitrogens with one attached hydrogen (secondary N) is 1.